The summed E-state index contributed by atoms with van der Waals surface area (Å²) in [5, 5.41) is -1.04. The SMILES string of the molecule is C/C=C(\C(C)S(=O)(=O)O)N(C)CCCCS(=O)(=O)O. The van der Waals surface area contributed by atoms with Crippen molar-refractivity contribution < 1.29 is 25.9 Å². The fourth-order valence-corrected chi connectivity index (χ4v) is 2.87. The lowest BCUT2D eigenvalue weighted by Gasteiger charge is -2.25. The molecule has 0 amide bonds. The maximum atomic E-state index is 11.1. The molecule has 1 atom stereocenters. The van der Waals surface area contributed by atoms with Gasteiger partial charge in [-0.1, -0.05) is 6.08 Å². The molecule has 0 aliphatic heterocycles. The first-order valence-electron chi connectivity index (χ1n) is 5.78. The molecule has 1 unspecified atom stereocenters. The molecule has 0 aromatic rings. The molecule has 0 aromatic carbocycles. The first kappa shape index (κ1) is 18.4. The molecule has 114 valence electrons. The van der Waals surface area contributed by atoms with Gasteiger partial charge in [0, 0.05) is 19.3 Å². The predicted molar refractivity (Wildman–Crippen MR) is 73.0 cm³/mol. The van der Waals surface area contributed by atoms with Crippen molar-refractivity contribution in [2.75, 3.05) is 19.3 Å². The Hall–Kier alpha value is -0.640. The van der Waals surface area contributed by atoms with Crippen LogP contribution < -0.4 is 0 Å². The van der Waals surface area contributed by atoms with E-state index in [1.165, 1.54) is 6.92 Å². The van der Waals surface area contributed by atoms with E-state index in [4.69, 9.17) is 9.11 Å². The molecular weight excluding hydrogens is 294 g/mol. The molecule has 2 N–H and O–H groups in total. The van der Waals surface area contributed by atoms with Crippen LogP contribution in [0.3, 0.4) is 0 Å². The molecule has 9 heteroatoms. The van der Waals surface area contributed by atoms with Gasteiger partial charge in [0.15, 0.2) is 0 Å². The number of nitrogens with zero attached hydrogens (tertiary/aromatic N) is 1. The predicted octanol–water partition coefficient (Wildman–Crippen LogP) is 0.766. The maximum absolute atomic E-state index is 11.1. The van der Waals surface area contributed by atoms with E-state index in [2.05, 4.69) is 0 Å². The summed E-state index contributed by atoms with van der Waals surface area (Å²) in [6, 6.07) is 0. The molecule has 0 aliphatic carbocycles. The van der Waals surface area contributed by atoms with E-state index in [-0.39, 0.29) is 12.2 Å². The molecule has 0 aliphatic rings. The molecule has 19 heavy (non-hydrogen) atoms. The normalized spacial score (nSPS) is 15.3. The van der Waals surface area contributed by atoms with Crippen molar-refractivity contribution in [2.45, 2.75) is 31.9 Å². The summed E-state index contributed by atoms with van der Waals surface area (Å²) >= 11 is 0. The first-order valence-corrected chi connectivity index (χ1v) is 8.89. The molecule has 0 radical (unpaired) electrons. The van der Waals surface area contributed by atoms with Crippen LogP contribution in [0.4, 0.5) is 0 Å². The van der Waals surface area contributed by atoms with Gasteiger partial charge >= 0.3 is 0 Å². The van der Waals surface area contributed by atoms with Crippen molar-refractivity contribution in [3.05, 3.63) is 11.8 Å². The fraction of sp³-hybridized carbons (Fsp3) is 0.800. The molecule has 0 bridgehead atoms. The third-order valence-corrected chi connectivity index (χ3v) is 4.69. The molecule has 0 fully saturated rings. The highest BCUT2D eigenvalue weighted by Crippen LogP contribution is 2.15. The summed E-state index contributed by atoms with van der Waals surface area (Å²) in [4.78, 5) is 1.64. The zero-order valence-electron chi connectivity index (χ0n) is 11.3. The Labute approximate surface area is 114 Å². The lowest BCUT2D eigenvalue weighted by molar-refractivity contribution is 0.384. The second-order valence-corrected chi connectivity index (χ2v) is 7.59. The van der Waals surface area contributed by atoms with E-state index in [0.717, 1.165) is 0 Å². The molecule has 0 heterocycles. The fourth-order valence-electron chi connectivity index (χ4n) is 1.68. The van der Waals surface area contributed by atoms with Gasteiger partial charge in [-0.05, 0) is 26.7 Å². The van der Waals surface area contributed by atoms with Gasteiger partial charge in [-0.3, -0.25) is 9.11 Å². The number of hydrogen-bond acceptors (Lipinski definition) is 5. The number of unbranched alkanes of at least 4 members (excludes halogenated alkanes) is 1. The summed E-state index contributed by atoms with van der Waals surface area (Å²) in [7, 11) is -6.46. The van der Waals surface area contributed by atoms with Crippen LogP contribution in [0.15, 0.2) is 11.8 Å². The summed E-state index contributed by atoms with van der Waals surface area (Å²) < 4.78 is 60.8. The van der Waals surface area contributed by atoms with E-state index < -0.39 is 25.5 Å². The minimum Gasteiger partial charge on any atom is -0.377 e. The smallest absolute Gasteiger partial charge is 0.273 e. The molecule has 0 saturated heterocycles. The standard InChI is InChI=1S/C10H21NO6S2/c1-4-10(9(2)19(15,16)17)11(3)7-5-6-8-18(12,13)14/h4,9H,5-8H2,1-3H3,(H,12,13,14)(H,15,16,17)/b10-4+. The van der Waals surface area contributed by atoms with Crippen LogP contribution in [0.25, 0.3) is 0 Å². The van der Waals surface area contributed by atoms with Crippen molar-refractivity contribution in [1.82, 2.24) is 4.90 Å². The average Bonchev–Trinajstić information content (AvgIpc) is 2.22. The van der Waals surface area contributed by atoms with Crippen LogP contribution in [-0.4, -0.2) is 55.4 Å². The lowest BCUT2D eigenvalue weighted by Crippen LogP contribution is -2.31. The van der Waals surface area contributed by atoms with Crippen LogP contribution in [0, 0.1) is 0 Å². The van der Waals surface area contributed by atoms with Crippen LogP contribution in [0.5, 0.6) is 0 Å². The van der Waals surface area contributed by atoms with Crippen molar-refractivity contribution in [2.24, 2.45) is 0 Å². The Morgan fingerprint density at radius 1 is 1.21 bits per heavy atom. The number of rotatable bonds is 8. The molecular formula is C10H21NO6S2. The van der Waals surface area contributed by atoms with Gasteiger partial charge in [0.25, 0.3) is 20.2 Å². The van der Waals surface area contributed by atoms with Gasteiger partial charge in [-0.25, -0.2) is 0 Å². The quantitative estimate of drug-likeness (QED) is 0.502. The Kier molecular flexibility index (Phi) is 6.98. The topological polar surface area (TPSA) is 112 Å². The summed E-state index contributed by atoms with van der Waals surface area (Å²) in [5.41, 5.74) is 0.439. The van der Waals surface area contributed by atoms with Crippen LogP contribution in [-0.2, 0) is 20.2 Å². The third kappa shape index (κ3) is 7.51. The molecule has 0 aromatic heterocycles. The monoisotopic (exact) mass is 315 g/mol. The Morgan fingerprint density at radius 2 is 1.74 bits per heavy atom. The van der Waals surface area contributed by atoms with Gasteiger partial charge < -0.3 is 4.90 Å². The van der Waals surface area contributed by atoms with Crippen molar-refractivity contribution in [1.29, 1.82) is 0 Å². The first-order chi connectivity index (χ1) is 8.49. The molecule has 0 saturated carbocycles. The zero-order valence-corrected chi connectivity index (χ0v) is 12.9. The van der Waals surface area contributed by atoms with E-state index in [1.54, 1.807) is 24.9 Å². The second kappa shape index (κ2) is 7.22. The summed E-state index contributed by atoms with van der Waals surface area (Å²) in [5.74, 6) is -0.320. The van der Waals surface area contributed by atoms with Gasteiger partial charge in [0.05, 0.1) is 5.75 Å². The van der Waals surface area contributed by atoms with Gasteiger partial charge in [0.2, 0.25) is 0 Å². The molecule has 0 spiro atoms. The van der Waals surface area contributed by atoms with Crippen LogP contribution >= 0.6 is 0 Å². The highest BCUT2D eigenvalue weighted by atomic mass is 32.2. The number of allylic oxidation sites excluding steroid dienone is 1. The Bertz CT molecular complexity index is 508. The van der Waals surface area contributed by atoms with Crippen molar-refractivity contribution >= 4 is 20.2 Å². The summed E-state index contributed by atoms with van der Waals surface area (Å²) in [6.45, 7) is 3.46. The third-order valence-electron chi connectivity index (χ3n) is 2.75. The minimum absolute atomic E-state index is 0.278. The average molecular weight is 315 g/mol. The molecule has 0 rings (SSSR count). The van der Waals surface area contributed by atoms with Crippen LogP contribution in [0.1, 0.15) is 26.7 Å². The Balaban J connectivity index is 4.44. The number of hydrogen-bond donors (Lipinski definition) is 2. The highest BCUT2D eigenvalue weighted by molar-refractivity contribution is 7.86. The van der Waals surface area contributed by atoms with Gasteiger partial charge in [0.1, 0.15) is 5.25 Å². The second-order valence-electron chi connectivity index (χ2n) is 4.29. The lowest BCUT2D eigenvalue weighted by atomic mass is 10.2. The molecule has 7 nitrogen and oxygen atoms in total. The van der Waals surface area contributed by atoms with E-state index in [9.17, 15) is 16.8 Å². The van der Waals surface area contributed by atoms with Gasteiger partial charge in [-0.15, -0.1) is 0 Å². The summed E-state index contributed by atoms with van der Waals surface area (Å²) in [6.07, 6.45) is 2.34. The van der Waals surface area contributed by atoms with E-state index in [1.807, 2.05) is 0 Å². The van der Waals surface area contributed by atoms with Crippen LogP contribution in [0.2, 0.25) is 0 Å². The Morgan fingerprint density at radius 3 is 2.11 bits per heavy atom. The van der Waals surface area contributed by atoms with Gasteiger partial charge in [-0.2, -0.15) is 16.8 Å². The minimum atomic E-state index is -4.16. The maximum Gasteiger partial charge on any atom is 0.273 e. The van der Waals surface area contributed by atoms with E-state index >= 15 is 0 Å². The zero-order chi connectivity index (χ0) is 15.3. The van der Waals surface area contributed by atoms with Crippen molar-refractivity contribution in [3.8, 4) is 0 Å². The van der Waals surface area contributed by atoms with E-state index in [0.29, 0.717) is 18.7 Å². The highest BCUT2D eigenvalue weighted by Gasteiger charge is 2.23. The largest absolute Gasteiger partial charge is 0.377 e. The van der Waals surface area contributed by atoms with Crippen molar-refractivity contribution in [3.63, 3.8) is 0 Å².